The van der Waals surface area contributed by atoms with E-state index in [-0.39, 0.29) is 23.5 Å². The summed E-state index contributed by atoms with van der Waals surface area (Å²) in [6, 6.07) is 14.9. The van der Waals surface area contributed by atoms with E-state index in [1.54, 1.807) is 18.3 Å². The van der Waals surface area contributed by atoms with Gasteiger partial charge in [-0.15, -0.1) is 11.3 Å². The number of carbonyl (C=O) groups is 2. The fourth-order valence-electron chi connectivity index (χ4n) is 6.64. The molecular formula is C31H30BBrN2O5S. The van der Waals surface area contributed by atoms with Crippen LogP contribution in [-0.4, -0.2) is 45.1 Å². The summed E-state index contributed by atoms with van der Waals surface area (Å²) in [6.07, 6.45) is 5.20. The number of pyridine rings is 1. The summed E-state index contributed by atoms with van der Waals surface area (Å²) < 4.78 is 6.96. The lowest BCUT2D eigenvalue weighted by Crippen LogP contribution is -2.46. The quantitative estimate of drug-likeness (QED) is 0.190. The number of benzene rings is 1. The van der Waals surface area contributed by atoms with E-state index < -0.39 is 25.1 Å². The Labute approximate surface area is 251 Å². The number of carbonyl (C=O) groups excluding carboxylic acids is 2. The molecule has 0 unspecified atom stereocenters. The maximum absolute atomic E-state index is 13.7. The SMILES string of the molecule is CC1=C2[C@@H](CC/C(=C/c3cc(Br)ccc3O)c3ccccn3)OB(O)C[C@@H]2[C@@H]2C(=O)N(Cc3cccs3)C(=O)[C@@H]2C1. The number of amides is 2. The van der Waals surface area contributed by atoms with Crippen LogP contribution in [0, 0.1) is 17.8 Å². The number of imide groups is 1. The van der Waals surface area contributed by atoms with Gasteiger partial charge < -0.3 is 14.8 Å². The van der Waals surface area contributed by atoms with Crippen LogP contribution in [-0.2, 0) is 20.8 Å². The van der Waals surface area contributed by atoms with E-state index in [9.17, 15) is 19.7 Å². The highest BCUT2D eigenvalue weighted by Crippen LogP contribution is 2.51. The van der Waals surface area contributed by atoms with Crippen molar-refractivity contribution in [1.29, 1.82) is 0 Å². The maximum Gasteiger partial charge on any atom is 0.455 e. The van der Waals surface area contributed by atoms with Gasteiger partial charge in [0, 0.05) is 21.1 Å². The molecule has 0 radical (unpaired) electrons. The largest absolute Gasteiger partial charge is 0.507 e. The van der Waals surface area contributed by atoms with Crippen molar-refractivity contribution < 1.29 is 24.4 Å². The van der Waals surface area contributed by atoms with Gasteiger partial charge in [-0.25, -0.2) is 0 Å². The zero-order valence-corrected chi connectivity index (χ0v) is 25.0. The van der Waals surface area contributed by atoms with E-state index in [1.165, 1.54) is 16.2 Å². The summed E-state index contributed by atoms with van der Waals surface area (Å²) in [7, 11) is -1.02. The Morgan fingerprint density at radius 2 is 2.05 bits per heavy atom. The Balaban J connectivity index is 1.28. The van der Waals surface area contributed by atoms with Gasteiger partial charge in [0.1, 0.15) is 5.75 Å². The fourth-order valence-corrected chi connectivity index (χ4v) is 7.71. The van der Waals surface area contributed by atoms with Crippen LogP contribution in [0.15, 0.2) is 75.7 Å². The number of halogens is 1. The zero-order valence-electron chi connectivity index (χ0n) is 22.6. The molecule has 0 saturated carbocycles. The van der Waals surface area contributed by atoms with Crippen molar-refractivity contribution in [2.24, 2.45) is 17.8 Å². The molecular weight excluding hydrogens is 603 g/mol. The maximum atomic E-state index is 13.7. The summed E-state index contributed by atoms with van der Waals surface area (Å²) in [4.78, 5) is 34.0. The number of aromatic nitrogens is 1. The monoisotopic (exact) mass is 632 g/mol. The standard InChI is InChI=1S/C31H30BBrN2O5S/c1-18-13-23-29(31(38)35(30(23)37)17-22-5-4-12-41-22)24-16-32(39)40-27(28(18)24)10-7-19(25-6-2-3-11-34-25)14-20-15-21(33)8-9-26(20)36/h2-6,8-9,11-12,14-15,23-24,27,29,36,39H,7,10,13,16-17H2,1H3/b19-14-/t23-,24+,27-,29-/m1/s1. The number of rotatable bonds is 7. The summed E-state index contributed by atoms with van der Waals surface area (Å²) in [5.41, 5.74) is 4.48. The first-order valence-electron chi connectivity index (χ1n) is 13.8. The molecule has 10 heteroatoms. The van der Waals surface area contributed by atoms with E-state index in [1.807, 2.05) is 54.8 Å². The van der Waals surface area contributed by atoms with Crippen LogP contribution in [0.1, 0.15) is 42.3 Å². The van der Waals surface area contributed by atoms with Crippen LogP contribution in [0.25, 0.3) is 11.6 Å². The molecule has 6 rings (SSSR count). The van der Waals surface area contributed by atoms with Crippen LogP contribution in [0.2, 0.25) is 6.32 Å². The van der Waals surface area contributed by atoms with Gasteiger partial charge in [-0.3, -0.25) is 19.5 Å². The second-order valence-corrected chi connectivity index (χ2v) is 12.9. The van der Waals surface area contributed by atoms with E-state index in [0.717, 1.165) is 31.8 Å². The summed E-state index contributed by atoms with van der Waals surface area (Å²) in [6.45, 7) is 2.33. The highest BCUT2D eigenvalue weighted by molar-refractivity contribution is 9.10. The number of aromatic hydroxyl groups is 1. The smallest absolute Gasteiger partial charge is 0.455 e. The number of nitrogens with zero attached hydrogens (tertiary/aromatic N) is 2. The number of thiophene rings is 1. The van der Waals surface area contributed by atoms with Crippen molar-refractivity contribution in [3.05, 3.63) is 91.9 Å². The fraction of sp³-hybridized carbons (Fsp3) is 0.323. The molecule has 3 aromatic rings. The molecule has 2 saturated heterocycles. The van der Waals surface area contributed by atoms with Gasteiger partial charge in [0.15, 0.2) is 0 Å². The minimum Gasteiger partial charge on any atom is -0.507 e. The molecule has 2 amide bonds. The van der Waals surface area contributed by atoms with Gasteiger partial charge in [0.25, 0.3) is 0 Å². The first kappa shape index (κ1) is 28.1. The third-order valence-electron chi connectivity index (χ3n) is 8.43. The van der Waals surface area contributed by atoms with Crippen molar-refractivity contribution in [3.8, 4) is 5.75 Å². The number of fused-ring (bicyclic) bond motifs is 3. The molecule has 1 aliphatic carbocycles. The second kappa shape index (κ2) is 11.7. The third-order valence-corrected chi connectivity index (χ3v) is 9.78. The molecule has 2 N–H and O–H groups in total. The van der Waals surface area contributed by atoms with Crippen molar-refractivity contribution in [2.45, 2.75) is 45.2 Å². The van der Waals surface area contributed by atoms with Gasteiger partial charge in [-0.2, -0.15) is 0 Å². The molecule has 210 valence electrons. The van der Waals surface area contributed by atoms with Gasteiger partial charge in [-0.1, -0.05) is 33.6 Å². The molecule has 2 aliphatic heterocycles. The minimum absolute atomic E-state index is 0.112. The van der Waals surface area contributed by atoms with Crippen LogP contribution in [0.5, 0.6) is 5.75 Å². The number of likely N-dealkylation sites (tertiary alicyclic amines) is 1. The third kappa shape index (κ3) is 5.58. The molecule has 41 heavy (non-hydrogen) atoms. The summed E-state index contributed by atoms with van der Waals surface area (Å²) in [5.74, 6) is -1.21. The molecule has 0 spiro atoms. The molecule has 7 nitrogen and oxygen atoms in total. The first-order valence-corrected chi connectivity index (χ1v) is 15.5. The van der Waals surface area contributed by atoms with Crippen molar-refractivity contribution in [3.63, 3.8) is 0 Å². The molecule has 4 atom stereocenters. The van der Waals surface area contributed by atoms with E-state index >= 15 is 0 Å². The Hall–Kier alpha value is -3.05. The Bertz CT molecular complexity index is 1530. The number of phenols is 1. The lowest BCUT2D eigenvalue weighted by molar-refractivity contribution is -0.140. The second-order valence-electron chi connectivity index (χ2n) is 11.0. The van der Waals surface area contributed by atoms with E-state index in [0.29, 0.717) is 37.7 Å². The normalized spacial score (nSPS) is 24.6. The van der Waals surface area contributed by atoms with Crippen LogP contribution in [0.4, 0.5) is 0 Å². The predicted octanol–water partition coefficient (Wildman–Crippen LogP) is 5.95. The Morgan fingerprint density at radius 3 is 2.80 bits per heavy atom. The molecule has 4 heterocycles. The van der Waals surface area contributed by atoms with Crippen molar-refractivity contribution >= 4 is 57.8 Å². The van der Waals surface area contributed by atoms with Crippen molar-refractivity contribution in [2.75, 3.05) is 0 Å². The Kier molecular flexibility index (Phi) is 8.00. The van der Waals surface area contributed by atoms with Crippen LogP contribution < -0.4 is 0 Å². The number of hydrogen-bond acceptors (Lipinski definition) is 7. The van der Waals surface area contributed by atoms with Gasteiger partial charge >= 0.3 is 7.12 Å². The highest BCUT2D eigenvalue weighted by Gasteiger charge is 2.56. The summed E-state index contributed by atoms with van der Waals surface area (Å²) >= 11 is 5.02. The molecule has 2 aromatic heterocycles. The predicted molar refractivity (Wildman–Crippen MR) is 162 cm³/mol. The number of phenolic OH excluding ortho intramolecular Hbond substituents is 1. The average molecular weight is 633 g/mol. The van der Waals surface area contributed by atoms with Gasteiger partial charge in [-0.05, 0) is 97.4 Å². The molecule has 3 aliphatic rings. The lowest BCUT2D eigenvalue weighted by atomic mass is 9.58. The van der Waals surface area contributed by atoms with E-state index in [4.69, 9.17) is 4.65 Å². The number of allylic oxidation sites excluding steroid dienone is 2. The van der Waals surface area contributed by atoms with Crippen LogP contribution in [0.3, 0.4) is 0 Å². The van der Waals surface area contributed by atoms with E-state index in [2.05, 4.69) is 20.9 Å². The summed E-state index contributed by atoms with van der Waals surface area (Å²) in [5, 5.41) is 23.3. The van der Waals surface area contributed by atoms with Gasteiger partial charge in [0.05, 0.1) is 30.2 Å². The Morgan fingerprint density at radius 1 is 1.20 bits per heavy atom. The zero-order chi connectivity index (χ0) is 28.7. The topological polar surface area (TPSA) is 100.0 Å². The molecule has 0 bridgehead atoms. The number of hydrogen-bond donors (Lipinski definition) is 2. The minimum atomic E-state index is -1.02. The first-order chi connectivity index (χ1) is 19.8. The highest BCUT2D eigenvalue weighted by atomic mass is 79.9. The van der Waals surface area contributed by atoms with Gasteiger partial charge in [0.2, 0.25) is 11.8 Å². The lowest BCUT2D eigenvalue weighted by Gasteiger charge is -2.42. The molecule has 1 aromatic carbocycles. The molecule has 2 fully saturated rings. The average Bonchev–Trinajstić information content (AvgIpc) is 3.56. The van der Waals surface area contributed by atoms with Crippen LogP contribution >= 0.6 is 27.3 Å². The van der Waals surface area contributed by atoms with Crippen molar-refractivity contribution in [1.82, 2.24) is 9.88 Å².